The monoisotopic (exact) mass is 187 g/mol. The maximum atomic E-state index is 8.42. The second-order valence-electron chi connectivity index (χ2n) is 3.72. The Bertz CT molecular complexity index is 157. The molecule has 0 bridgehead atoms. The Balaban J connectivity index is 3.93. The van der Waals surface area contributed by atoms with Gasteiger partial charge in [-0.2, -0.15) is 0 Å². The van der Waals surface area contributed by atoms with E-state index in [1.807, 2.05) is 0 Å². The van der Waals surface area contributed by atoms with Gasteiger partial charge in [0.1, 0.15) is 0 Å². The van der Waals surface area contributed by atoms with Gasteiger partial charge in [-0.3, -0.25) is 4.90 Å². The van der Waals surface area contributed by atoms with Gasteiger partial charge in [0, 0.05) is 6.54 Å². The molecule has 78 valence electrons. The number of amidine groups is 1. The molecule has 0 aliphatic carbocycles. The first-order chi connectivity index (χ1) is 6.10. The molecule has 0 aromatic rings. The van der Waals surface area contributed by atoms with Gasteiger partial charge in [-0.15, -0.1) is 0 Å². The minimum Gasteiger partial charge on any atom is -0.409 e. The largest absolute Gasteiger partial charge is 0.409 e. The molecule has 0 radical (unpaired) electrons. The fourth-order valence-electron chi connectivity index (χ4n) is 1.33. The number of rotatable bonds is 6. The van der Waals surface area contributed by atoms with E-state index in [1.165, 1.54) is 0 Å². The van der Waals surface area contributed by atoms with Crippen molar-refractivity contribution in [3.05, 3.63) is 0 Å². The Labute approximate surface area is 80.4 Å². The van der Waals surface area contributed by atoms with Crippen LogP contribution in [0.25, 0.3) is 0 Å². The van der Waals surface area contributed by atoms with Gasteiger partial charge in [0.05, 0.1) is 6.54 Å². The Morgan fingerprint density at radius 1 is 1.54 bits per heavy atom. The number of hydrogen-bond acceptors (Lipinski definition) is 3. The zero-order chi connectivity index (χ0) is 10.3. The molecular formula is C9H21N3O. The lowest BCUT2D eigenvalue weighted by molar-refractivity contribution is 0.267. The van der Waals surface area contributed by atoms with Gasteiger partial charge in [-0.05, 0) is 18.9 Å². The van der Waals surface area contributed by atoms with Gasteiger partial charge in [-0.1, -0.05) is 25.9 Å². The van der Waals surface area contributed by atoms with Gasteiger partial charge in [0.15, 0.2) is 5.84 Å². The van der Waals surface area contributed by atoms with E-state index >= 15 is 0 Å². The summed E-state index contributed by atoms with van der Waals surface area (Å²) in [6, 6.07) is 0. The van der Waals surface area contributed by atoms with Crippen LogP contribution in [0.15, 0.2) is 5.16 Å². The lowest BCUT2D eigenvalue weighted by Crippen LogP contribution is -2.36. The standard InChI is InChI=1S/C9H21N3O/c1-4-5-12(6-8(2)3)7-9(10)11-13/h8,13H,4-7H2,1-3H3,(H2,10,11). The zero-order valence-electron chi connectivity index (χ0n) is 8.82. The minimum atomic E-state index is 0.286. The van der Waals surface area contributed by atoms with Crippen molar-refractivity contribution in [2.75, 3.05) is 19.6 Å². The van der Waals surface area contributed by atoms with Crippen molar-refractivity contribution >= 4 is 5.84 Å². The van der Waals surface area contributed by atoms with E-state index in [0.29, 0.717) is 12.5 Å². The van der Waals surface area contributed by atoms with E-state index in [1.54, 1.807) is 0 Å². The summed E-state index contributed by atoms with van der Waals surface area (Å²) in [5, 5.41) is 11.4. The zero-order valence-corrected chi connectivity index (χ0v) is 8.82. The molecule has 4 nitrogen and oxygen atoms in total. The van der Waals surface area contributed by atoms with E-state index < -0.39 is 0 Å². The summed E-state index contributed by atoms with van der Waals surface area (Å²) in [6.45, 7) is 8.99. The summed E-state index contributed by atoms with van der Waals surface area (Å²) in [6.07, 6.45) is 1.09. The molecule has 0 aromatic heterocycles. The van der Waals surface area contributed by atoms with Crippen LogP contribution in [0.2, 0.25) is 0 Å². The summed E-state index contributed by atoms with van der Waals surface area (Å²) in [5.74, 6) is 0.896. The molecule has 0 aromatic carbocycles. The molecule has 0 rings (SSSR count). The predicted octanol–water partition coefficient (Wildman–Crippen LogP) is 1.10. The lowest BCUT2D eigenvalue weighted by Gasteiger charge is -2.22. The van der Waals surface area contributed by atoms with Gasteiger partial charge >= 0.3 is 0 Å². The fourth-order valence-corrected chi connectivity index (χ4v) is 1.33. The van der Waals surface area contributed by atoms with Crippen molar-refractivity contribution in [1.82, 2.24) is 4.90 Å². The predicted molar refractivity (Wildman–Crippen MR) is 55.0 cm³/mol. The smallest absolute Gasteiger partial charge is 0.153 e. The highest BCUT2D eigenvalue weighted by Gasteiger charge is 2.07. The Morgan fingerprint density at radius 3 is 2.54 bits per heavy atom. The van der Waals surface area contributed by atoms with Crippen LogP contribution in [0.4, 0.5) is 0 Å². The van der Waals surface area contributed by atoms with Crippen molar-refractivity contribution in [2.45, 2.75) is 27.2 Å². The summed E-state index contributed by atoms with van der Waals surface area (Å²) in [4.78, 5) is 2.19. The van der Waals surface area contributed by atoms with Crippen LogP contribution in [-0.4, -0.2) is 35.6 Å². The molecule has 0 spiro atoms. The van der Waals surface area contributed by atoms with Gasteiger partial charge in [-0.25, -0.2) is 0 Å². The first kappa shape index (κ1) is 12.2. The first-order valence-corrected chi connectivity index (χ1v) is 4.78. The van der Waals surface area contributed by atoms with Crippen LogP contribution in [0, 0.1) is 5.92 Å². The highest BCUT2D eigenvalue weighted by molar-refractivity contribution is 5.81. The second kappa shape index (κ2) is 6.71. The average molecular weight is 187 g/mol. The third-order valence-corrected chi connectivity index (χ3v) is 1.68. The fraction of sp³-hybridized carbons (Fsp3) is 0.889. The molecule has 0 fully saturated rings. The Kier molecular flexibility index (Phi) is 6.32. The number of nitrogens with two attached hydrogens (primary N) is 1. The van der Waals surface area contributed by atoms with Crippen LogP contribution in [-0.2, 0) is 0 Å². The maximum Gasteiger partial charge on any atom is 0.153 e. The number of hydrogen-bond donors (Lipinski definition) is 2. The molecule has 0 atom stereocenters. The molecule has 0 heterocycles. The van der Waals surface area contributed by atoms with Crippen LogP contribution in [0.3, 0.4) is 0 Å². The summed E-state index contributed by atoms with van der Waals surface area (Å²) < 4.78 is 0. The molecule has 0 unspecified atom stereocenters. The molecule has 0 saturated heterocycles. The van der Waals surface area contributed by atoms with E-state index in [4.69, 9.17) is 10.9 Å². The van der Waals surface area contributed by atoms with Gasteiger partial charge in [0.2, 0.25) is 0 Å². The Hall–Kier alpha value is -0.770. The highest BCUT2D eigenvalue weighted by Crippen LogP contribution is 1.99. The Morgan fingerprint density at radius 2 is 2.15 bits per heavy atom. The van der Waals surface area contributed by atoms with Gasteiger partial charge < -0.3 is 10.9 Å². The van der Waals surface area contributed by atoms with Crippen LogP contribution in [0.5, 0.6) is 0 Å². The van der Waals surface area contributed by atoms with Crippen molar-refractivity contribution in [3.8, 4) is 0 Å². The second-order valence-corrected chi connectivity index (χ2v) is 3.72. The van der Waals surface area contributed by atoms with Crippen molar-refractivity contribution in [1.29, 1.82) is 0 Å². The molecule has 4 heteroatoms. The van der Waals surface area contributed by atoms with Crippen LogP contribution < -0.4 is 5.73 Å². The maximum absolute atomic E-state index is 8.42. The van der Waals surface area contributed by atoms with E-state index in [0.717, 1.165) is 19.5 Å². The minimum absolute atomic E-state index is 0.286. The molecule has 3 N–H and O–H groups in total. The van der Waals surface area contributed by atoms with E-state index in [2.05, 4.69) is 30.8 Å². The lowest BCUT2D eigenvalue weighted by atomic mass is 10.2. The third-order valence-electron chi connectivity index (χ3n) is 1.68. The van der Waals surface area contributed by atoms with Crippen molar-refractivity contribution in [3.63, 3.8) is 0 Å². The first-order valence-electron chi connectivity index (χ1n) is 4.78. The molecule has 0 aliphatic rings. The normalized spacial score (nSPS) is 12.8. The average Bonchev–Trinajstić information content (AvgIpc) is 2.03. The summed E-state index contributed by atoms with van der Waals surface area (Å²) in [5.41, 5.74) is 5.44. The van der Waals surface area contributed by atoms with Crippen molar-refractivity contribution < 1.29 is 5.21 Å². The molecule has 0 saturated carbocycles. The van der Waals surface area contributed by atoms with Crippen LogP contribution in [0.1, 0.15) is 27.2 Å². The molecule has 13 heavy (non-hydrogen) atoms. The van der Waals surface area contributed by atoms with E-state index in [-0.39, 0.29) is 5.84 Å². The SMILES string of the molecule is CCCN(CC(N)=NO)CC(C)C. The van der Waals surface area contributed by atoms with Gasteiger partial charge in [0.25, 0.3) is 0 Å². The number of oxime groups is 1. The highest BCUT2D eigenvalue weighted by atomic mass is 16.4. The van der Waals surface area contributed by atoms with Crippen molar-refractivity contribution in [2.24, 2.45) is 16.8 Å². The summed E-state index contributed by atoms with van der Waals surface area (Å²) >= 11 is 0. The number of nitrogens with zero attached hydrogens (tertiary/aromatic N) is 2. The molecular weight excluding hydrogens is 166 g/mol. The molecule has 0 amide bonds. The quantitative estimate of drug-likeness (QED) is 0.283. The summed E-state index contributed by atoms with van der Waals surface area (Å²) in [7, 11) is 0. The molecule has 0 aliphatic heterocycles. The van der Waals surface area contributed by atoms with E-state index in [9.17, 15) is 0 Å². The van der Waals surface area contributed by atoms with Crippen LogP contribution >= 0.6 is 0 Å². The topological polar surface area (TPSA) is 61.8 Å². The third kappa shape index (κ3) is 6.40.